The number of likely N-dealkylation sites (tertiary alicyclic amines) is 1. The lowest BCUT2D eigenvalue weighted by molar-refractivity contribution is 0.0663. The van der Waals surface area contributed by atoms with Crippen LogP contribution in [0.1, 0.15) is 12.8 Å². The number of rotatable bonds is 3. The Morgan fingerprint density at radius 1 is 1.55 bits per heavy atom. The summed E-state index contributed by atoms with van der Waals surface area (Å²) in [4.78, 5) is 1.66. The van der Waals surface area contributed by atoms with E-state index < -0.39 is 6.43 Å². The first kappa shape index (κ1) is 8.87. The van der Waals surface area contributed by atoms with Crippen LogP contribution >= 0.6 is 0 Å². The van der Waals surface area contributed by atoms with Gasteiger partial charge < -0.3 is 5.11 Å². The van der Waals surface area contributed by atoms with Gasteiger partial charge in [-0.3, -0.25) is 4.90 Å². The average molecular weight is 165 g/mol. The molecular formula is C7H13F2NO. The normalized spacial score (nSPS) is 26.7. The summed E-state index contributed by atoms with van der Waals surface area (Å²) >= 11 is 0. The summed E-state index contributed by atoms with van der Waals surface area (Å²) in [6.07, 6.45) is -0.497. The van der Waals surface area contributed by atoms with Crippen LogP contribution in [-0.2, 0) is 0 Å². The van der Waals surface area contributed by atoms with Gasteiger partial charge in [-0.1, -0.05) is 0 Å². The van der Waals surface area contributed by atoms with Gasteiger partial charge in [-0.05, 0) is 19.4 Å². The number of nitrogens with zero attached hydrogens (tertiary/aromatic N) is 1. The monoisotopic (exact) mass is 165 g/mol. The first-order valence-corrected chi connectivity index (χ1v) is 3.87. The Morgan fingerprint density at radius 2 is 2.27 bits per heavy atom. The van der Waals surface area contributed by atoms with Crippen molar-refractivity contribution in [2.45, 2.75) is 25.3 Å². The minimum Gasteiger partial charge on any atom is -0.395 e. The average Bonchev–Trinajstić information content (AvgIpc) is 2.34. The number of aliphatic hydroxyl groups is 1. The highest BCUT2D eigenvalue weighted by Gasteiger charge is 2.25. The van der Waals surface area contributed by atoms with Crippen molar-refractivity contribution in [3.63, 3.8) is 0 Å². The molecule has 1 fully saturated rings. The zero-order valence-corrected chi connectivity index (χ0v) is 6.34. The molecule has 1 rings (SSSR count). The summed E-state index contributed by atoms with van der Waals surface area (Å²) in [5, 5.41) is 8.76. The van der Waals surface area contributed by atoms with Gasteiger partial charge in [0.2, 0.25) is 0 Å². The molecule has 1 unspecified atom stereocenters. The number of alkyl halides is 2. The van der Waals surface area contributed by atoms with Crippen molar-refractivity contribution in [1.29, 1.82) is 0 Å². The van der Waals surface area contributed by atoms with Gasteiger partial charge in [0.25, 0.3) is 6.43 Å². The number of aliphatic hydroxyl groups excluding tert-OH is 1. The summed E-state index contributed by atoms with van der Waals surface area (Å²) in [6, 6.07) is -0.0241. The minimum absolute atomic E-state index is 0.00667. The van der Waals surface area contributed by atoms with Crippen LogP contribution in [0.2, 0.25) is 0 Å². The van der Waals surface area contributed by atoms with Gasteiger partial charge in [-0.25, -0.2) is 8.78 Å². The van der Waals surface area contributed by atoms with Crippen molar-refractivity contribution in [3.05, 3.63) is 0 Å². The second-order valence-electron chi connectivity index (χ2n) is 2.86. The van der Waals surface area contributed by atoms with Crippen LogP contribution in [0, 0.1) is 0 Å². The predicted molar refractivity (Wildman–Crippen MR) is 37.7 cm³/mol. The van der Waals surface area contributed by atoms with Gasteiger partial charge in [0.15, 0.2) is 0 Å². The van der Waals surface area contributed by atoms with E-state index in [9.17, 15) is 8.78 Å². The van der Waals surface area contributed by atoms with Crippen molar-refractivity contribution in [2.24, 2.45) is 0 Å². The molecule has 0 aromatic carbocycles. The molecule has 0 radical (unpaired) electrons. The first-order chi connectivity index (χ1) is 5.24. The van der Waals surface area contributed by atoms with E-state index in [2.05, 4.69) is 0 Å². The van der Waals surface area contributed by atoms with E-state index in [1.807, 2.05) is 0 Å². The van der Waals surface area contributed by atoms with E-state index in [0.717, 1.165) is 12.8 Å². The van der Waals surface area contributed by atoms with Crippen LogP contribution in [0.3, 0.4) is 0 Å². The molecule has 1 heterocycles. The van der Waals surface area contributed by atoms with E-state index in [0.29, 0.717) is 6.54 Å². The molecular weight excluding hydrogens is 152 g/mol. The molecule has 1 saturated heterocycles. The van der Waals surface area contributed by atoms with Crippen molar-refractivity contribution in [1.82, 2.24) is 4.90 Å². The van der Waals surface area contributed by atoms with Gasteiger partial charge in [0.1, 0.15) is 0 Å². The Hall–Kier alpha value is -0.220. The number of halogens is 2. The Labute approximate surface area is 64.8 Å². The van der Waals surface area contributed by atoms with Gasteiger partial charge in [-0.15, -0.1) is 0 Å². The van der Waals surface area contributed by atoms with E-state index in [1.165, 1.54) is 0 Å². The molecule has 4 heteroatoms. The molecule has 0 bridgehead atoms. The van der Waals surface area contributed by atoms with E-state index in [-0.39, 0.29) is 19.2 Å². The highest BCUT2D eigenvalue weighted by molar-refractivity contribution is 4.78. The van der Waals surface area contributed by atoms with E-state index in [4.69, 9.17) is 5.11 Å². The van der Waals surface area contributed by atoms with Crippen LogP contribution in [0.15, 0.2) is 0 Å². The second-order valence-corrected chi connectivity index (χ2v) is 2.86. The van der Waals surface area contributed by atoms with Crippen LogP contribution < -0.4 is 0 Å². The maximum atomic E-state index is 11.9. The SMILES string of the molecule is OCC1CCCN1CC(F)F. The van der Waals surface area contributed by atoms with E-state index >= 15 is 0 Å². The summed E-state index contributed by atoms with van der Waals surface area (Å²) in [6.45, 7) is 0.521. The topological polar surface area (TPSA) is 23.5 Å². The molecule has 1 atom stereocenters. The van der Waals surface area contributed by atoms with Crippen molar-refractivity contribution < 1.29 is 13.9 Å². The smallest absolute Gasteiger partial charge is 0.251 e. The molecule has 11 heavy (non-hydrogen) atoms. The highest BCUT2D eigenvalue weighted by Crippen LogP contribution is 2.17. The van der Waals surface area contributed by atoms with Crippen LogP contribution in [0.25, 0.3) is 0 Å². The largest absolute Gasteiger partial charge is 0.395 e. The van der Waals surface area contributed by atoms with Gasteiger partial charge >= 0.3 is 0 Å². The summed E-state index contributed by atoms with van der Waals surface area (Å²) in [7, 11) is 0. The lowest BCUT2D eigenvalue weighted by Crippen LogP contribution is -2.35. The third kappa shape index (κ3) is 2.38. The molecule has 0 spiro atoms. The summed E-state index contributed by atoms with van der Waals surface area (Å²) < 4.78 is 23.7. The lowest BCUT2D eigenvalue weighted by Gasteiger charge is -2.21. The molecule has 0 aliphatic carbocycles. The molecule has 0 saturated carbocycles. The zero-order valence-electron chi connectivity index (χ0n) is 6.34. The first-order valence-electron chi connectivity index (χ1n) is 3.87. The van der Waals surface area contributed by atoms with Gasteiger partial charge in [0.05, 0.1) is 13.2 Å². The third-order valence-corrected chi connectivity index (χ3v) is 2.08. The summed E-state index contributed by atoms with van der Waals surface area (Å²) in [5.41, 5.74) is 0. The molecule has 1 aliphatic rings. The fourth-order valence-corrected chi connectivity index (χ4v) is 1.52. The van der Waals surface area contributed by atoms with Crippen LogP contribution in [0.4, 0.5) is 8.78 Å². The predicted octanol–water partition coefficient (Wildman–Crippen LogP) is 0.708. The number of hydrogen-bond donors (Lipinski definition) is 1. The maximum absolute atomic E-state index is 11.9. The molecule has 66 valence electrons. The molecule has 2 nitrogen and oxygen atoms in total. The maximum Gasteiger partial charge on any atom is 0.251 e. The van der Waals surface area contributed by atoms with Crippen molar-refractivity contribution >= 4 is 0 Å². The Bertz CT molecular complexity index is 121. The van der Waals surface area contributed by atoms with Gasteiger partial charge in [0, 0.05) is 6.04 Å². The van der Waals surface area contributed by atoms with Gasteiger partial charge in [-0.2, -0.15) is 0 Å². The molecule has 1 N–H and O–H groups in total. The van der Waals surface area contributed by atoms with Crippen LogP contribution in [-0.4, -0.2) is 42.2 Å². The fourth-order valence-electron chi connectivity index (χ4n) is 1.52. The molecule has 1 aliphatic heterocycles. The Kier molecular flexibility index (Phi) is 3.20. The standard InChI is InChI=1S/C7H13F2NO/c8-7(9)4-10-3-1-2-6(10)5-11/h6-7,11H,1-5H2. The van der Waals surface area contributed by atoms with Crippen molar-refractivity contribution in [2.75, 3.05) is 19.7 Å². The van der Waals surface area contributed by atoms with E-state index in [1.54, 1.807) is 4.90 Å². The minimum atomic E-state index is -2.28. The Morgan fingerprint density at radius 3 is 2.82 bits per heavy atom. The fraction of sp³-hybridized carbons (Fsp3) is 1.00. The summed E-state index contributed by atoms with van der Waals surface area (Å²) in [5.74, 6) is 0. The molecule has 0 aromatic heterocycles. The molecule has 0 aromatic rings. The second kappa shape index (κ2) is 3.97. The highest BCUT2D eigenvalue weighted by atomic mass is 19.3. The Balaban J connectivity index is 2.31. The van der Waals surface area contributed by atoms with Crippen LogP contribution in [0.5, 0.6) is 0 Å². The zero-order chi connectivity index (χ0) is 8.27. The van der Waals surface area contributed by atoms with Crippen molar-refractivity contribution in [3.8, 4) is 0 Å². The molecule has 0 amide bonds. The quantitative estimate of drug-likeness (QED) is 0.665. The number of hydrogen-bond acceptors (Lipinski definition) is 2. The third-order valence-electron chi connectivity index (χ3n) is 2.08. The lowest BCUT2D eigenvalue weighted by atomic mass is 10.2.